The summed E-state index contributed by atoms with van der Waals surface area (Å²) in [6.07, 6.45) is -5.05. The molecule has 2 heterocycles. The summed E-state index contributed by atoms with van der Waals surface area (Å²) in [5.41, 5.74) is 0.430. The summed E-state index contributed by atoms with van der Waals surface area (Å²) in [6.45, 7) is 3.62. The van der Waals surface area contributed by atoms with E-state index in [1.54, 1.807) is 12.1 Å². The summed E-state index contributed by atoms with van der Waals surface area (Å²) >= 11 is 0. The van der Waals surface area contributed by atoms with Crippen LogP contribution < -0.4 is 5.32 Å². The van der Waals surface area contributed by atoms with E-state index in [-0.39, 0.29) is 18.2 Å². The highest BCUT2D eigenvalue weighted by atomic mass is 19.4. The Kier molecular flexibility index (Phi) is 3.83. The summed E-state index contributed by atoms with van der Waals surface area (Å²) in [5.74, 6) is -1.69. The van der Waals surface area contributed by atoms with E-state index >= 15 is 0 Å². The smallest absolute Gasteiger partial charge is 0.348 e. The van der Waals surface area contributed by atoms with E-state index in [0.717, 1.165) is 0 Å². The van der Waals surface area contributed by atoms with Gasteiger partial charge in [0.15, 0.2) is 6.23 Å². The maximum atomic E-state index is 12.5. The molecule has 0 radical (unpaired) electrons. The largest absolute Gasteiger partial charge is 0.471 e. The second-order valence-corrected chi connectivity index (χ2v) is 6.04. The van der Waals surface area contributed by atoms with Crippen molar-refractivity contribution in [1.82, 2.24) is 15.5 Å². The number of halogens is 3. The molecule has 1 aromatic carbocycles. The minimum Gasteiger partial charge on any atom is -0.348 e. The SMILES string of the molecule is CC1(C)CC(=O)NC(c2ccc(-c3noc(C(F)(F)F)n3)cc2)O1. The van der Waals surface area contributed by atoms with Crippen molar-refractivity contribution in [2.45, 2.75) is 38.3 Å². The van der Waals surface area contributed by atoms with Crippen LogP contribution >= 0.6 is 0 Å². The average Bonchev–Trinajstić information content (AvgIpc) is 2.95. The fourth-order valence-electron chi connectivity index (χ4n) is 2.39. The quantitative estimate of drug-likeness (QED) is 0.908. The first-order chi connectivity index (χ1) is 11.1. The van der Waals surface area contributed by atoms with Gasteiger partial charge in [-0.2, -0.15) is 18.2 Å². The van der Waals surface area contributed by atoms with Gasteiger partial charge in [-0.1, -0.05) is 29.4 Å². The summed E-state index contributed by atoms with van der Waals surface area (Å²) in [4.78, 5) is 15.0. The van der Waals surface area contributed by atoms with Crippen molar-refractivity contribution in [2.75, 3.05) is 0 Å². The van der Waals surface area contributed by atoms with Gasteiger partial charge < -0.3 is 14.6 Å². The van der Waals surface area contributed by atoms with Gasteiger partial charge in [-0.25, -0.2) is 0 Å². The van der Waals surface area contributed by atoms with Crippen LogP contribution in [-0.2, 0) is 15.7 Å². The lowest BCUT2D eigenvalue weighted by Gasteiger charge is -2.36. The van der Waals surface area contributed by atoms with Gasteiger partial charge >= 0.3 is 12.1 Å². The van der Waals surface area contributed by atoms with Gasteiger partial charge in [-0.3, -0.25) is 4.79 Å². The molecule has 1 unspecified atom stereocenters. The summed E-state index contributed by atoms with van der Waals surface area (Å²) in [7, 11) is 0. The van der Waals surface area contributed by atoms with Crippen LogP contribution in [0.2, 0.25) is 0 Å². The molecule has 1 fully saturated rings. The van der Waals surface area contributed by atoms with Crippen LogP contribution in [0.4, 0.5) is 13.2 Å². The number of amides is 1. The molecule has 1 aromatic heterocycles. The molecule has 2 aromatic rings. The number of nitrogens with zero attached hydrogens (tertiary/aromatic N) is 2. The third kappa shape index (κ3) is 3.40. The lowest BCUT2D eigenvalue weighted by Crippen LogP contribution is -2.46. The van der Waals surface area contributed by atoms with Crippen molar-refractivity contribution < 1.29 is 27.2 Å². The normalized spacial score (nSPS) is 20.7. The number of carbonyl (C=O) groups excluding carboxylic acids is 1. The lowest BCUT2D eigenvalue weighted by molar-refractivity contribution is -0.159. The molecule has 1 amide bonds. The van der Waals surface area contributed by atoms with Crippen molar-refractivity contribution in [1.29, 1.82) is 0 Å². The Bertz CT molecular complexity index is 753. The summed E-state index contributed by atoms with van der Waals surface area (Å²) in [6, 6.07) is 6.34. The molecule has 1 aliphatic heterocycles. The fourth-order valence-corrected chi connectivity index (χ4v) is 2.39. The van der Waals surface area contributed by atoms with E-state index < -0.39 is 23.9 Å². The number of nitrogens with one attached hydrogen (secondary N) is 1. The molecule has 1 N–H and O–H groups in total. The van der Waals surface area contributed by atoms with Crippen LogP contribution in [0.25, 0.3) is 11.4 Å². The van der Waals surface area contributed by atoms with Crippen LogP contribution in [0.1, 0.15) is 38.0 Å². The van der Waals surface area contributed by atoms with E-state index in [2.05, 4.69) is 20.0 Å². The molecule has 0 aliphatic carbocycles. The highest BCUT2D eigenvalue weighted by Gasteiger charge is 2.38. The van der Waals surface area contributed by atoms with Gasteiger partial charge in [-0.15, -0.1) is 0 Å². The Balaban J connectivity index is 1.81. The predicted octanol–water partition coefficient (Wildman–Crippen LogP) is 3.07. The van der Waals surface area contributed by atoms with Crippen LogP contribution in [0.15, 0.2) is 28.8 Å². The molecular formula is C15H14F3N3O3. The molecular weight excluding hydrogens is 327 g/mol. The zero-order chi connectivity index (χ0) is 17.5. The molecule has 128 valence electrons. The first-order valence-electron chi connectivity index (χ1n) is 7.12. The molecule has 24 heavy (non-hydrogen) atoms. The average molecular weight is 341 g/mol. The van der Waals surface area contributed by atoms with Gasteiger partial charge in [-0.05, 0) is 13.8 Å². The van der Waals surface area contributed by atoms with Crippen molar-refractivity contribution in [3.05, 3.63) is 35.7 Å². The van der Waals surface area contributed by atoms with Gasteiger partial charge in [0.2, 0.25) is 11.7 Å². The molecule has 0 bridgehead atoms. The highest BCUT2D eigenvalue weighted by Crippen LogP contribution is 2.31. The van der Waals surface area contributed by atoms with Gasteiger partial charge in [0.05, 0.1) is 12.0 Å². The standard InChI is InChI=1S/C15H14F3N3O3/c1-14(2)7-10(22)19-12(23-14)9-5-3-8(4-6-9)11-20-13(24-21-11)15(16,17)18/h3-6,12H,7H2,1-2H3,(H,19,22). The number of alkyl halides is 3. The Labute approximate surface area is 135 Å². The van der Waals surface area contributed by atoms with Crippen LogP contribution in [0.5, 0.6) is 0 Å². The number of rotatable bonds is 2. The van der Waals surface area contributed by atoms with Crippen LogP contribution in [0.3, 0.4) is 0 Å². The molecule has 1 saturated heterocycles. The molecule has 1 aliphatic rings. The van der Waals surface area contributed by atoms with Crippen molar-refractivity contribution in [3.8, 4) is 11.4 Å². The second-order valence-electron chi connectivity index (χ2n) is 6.04. The Morgan fingerprint density at radius 2 is 1.92 bits per heavy atom. The minimum atomic E-state index is -4.68. The first-order valence-corrected chi connectivity index (χ1v) is 7.12. The molecule has 3 rings (SSSR count). The summed E-state index contributed by atoms with van der Waals surface area (Å²) in [5, 5.41) is 6.03. The fraction of sp³-hybridized carbons (Fsp3) is 0.400. The zero-order valence-corrected chi connectivity index (χ0v) is 12.8. The number of carbonyl (C=O) groups is 1. The first kappa shape index (κ1) is 16.4. The highest BCUT2D eigenvalue weighted by molar-refractivity contribution is 5.78. The van der Waals surface area contributed by atoms with Crippen LogP contribution in [-0.4, -0.2) is 21.6 Å². The second kappa shape index (κ2) is 5.59. The summed E-state index contributed by atoms with van der Waals surface area (Å²) < 4.78 is 47.4. The van der Waals surface area contributed by atoms with Crippen LogP contribution in [0, 0.1) is 0 Å². The minimum absolute atomic E-state index is 0.131. The van der Waals surface area contributed by atoms with Gasteiger partial charge in [0, 0.05) is 11.1 Å². The monoisotopic (exact) mass is 341 g/mol. The topological polar surface area (TPSA) is 77.3 Å². The van der Waals surface area contributed by atoms with Crippen molar-refractivity contribution >= 4 is 5.91 Å². The number of ether oxygens (including phenoxy) is 1. The maximum Gasteiger partial charge on any atom is 0.471 e. The number of aromatic nitrogens is 2. The Morgan fingerprint density at radius 1 is 1.25 bits per heavy atom. The van der Waals surface area contributed by atoms with Crippen molar-refractivity contribution in [2.24, 2.45) is 0 Å². The third-order valence-corrected chi connectivity index (χ3v) is 3.46. The third-order valence-electron chi connectivity index (χ3n) is 3.46. The van der Waals surface area contributed by atoms with Crippen molar-refractivity contribution in [3.63, 3.8) is 0 Å². The zero-order valence-electron chi connectivity index (χ0n) is 12.8. The number of hydrogen-bond acceptors (Lipinski definition) is 5. The van der Waals surface area contributed by atoms with Gasteiger partial charge in [0.25, 0.3) is 0 Å². The van der Waals surface area contributed by atoms with E-state index in [9.17, 15) is 18.0 Å². The molecule has 0 spiro atoms. The van der Waals surface area contributed by atoms with E-state index in [0.29, 0.717) is 11.1 Å². The molecule has 1 atom stereocenters. The Morgan fingerprint density at radius 3 is 2.46 bits per heavy atom. The molecule has 9 heteroatoms. The lowest BCUT2D eigenvalue weighted by atomic mass is 10.0. The number of hydrogen-bond donors (Lipinski definition) is 1. The molecule has 6 nitrogen and oxygen atoms in total. The number of benzene rings is 1. The van der Waals surface area contributed by atoms with E-state index in [4.69, 9.17) is 4.74 Å². The Hall–Kier alpha value is -2.42. The molecule has 0 saturated carbocycles. The maximum absolute atomic E-state index is 12.5. The predicted molar refractivity (Wildman–Crippen MR) is 75.4 cm³/mol. The van der Waals surface area contributed by atoms with E-state index in [1.807, 2.05) is 13.8 Å². The van der Waals surface area contributed by atoms with Gasteiger partial charge in [0.1, 0.15) is 0 Å². The van der Waals surface area contributed by atoms with E-state index in [1.165, 1.54) is 12.1 Å².